The van der Waals surface area contributed by atoms with Crippen LogP contribution in [0, 0.1) is 0 Å². The summed E-state index contributed by atoms with van der Waals surface area (Å²) in [6, 6.07) is 5.71. The van der Waals surface area contributed by atoms with E-state index in [0.717, 1.165) is 17.2 Å². The largest absolute Gasteiger partial charge is 0.330 e. The van der Waals surface area contributed by atoms with Gasteiger partial charge in [0.1, 0.15) is 11.5 Å². The highest BCUT2D eigenvalue weighted by Gasteiger charge is 2.14. The minimum atomic E-state index is 0.477. The van der Waals surface area contributed by atoms with Crippen LogP contribution in [0.1, 0.15) is 5.82 Å². The molecule has 0 spiro atoms. The Morgan fingerprint density at radius 1 is 1.44 bits per heavy atom. The van der Waals surface area contributed by atoms with E-state index in [9.17, 15) is 0 Å². The molecule has 0 aliphatic rings. The first-order valence-electron chi connectivity index (χ1n) is 5.06. The summed E-state index contributed by atoms with van der Waals surface area (Å²) < 4.78 is 1.94. The summed E-state index contributed by atoms with van der Waals surface area (Å²) in [4.78, 5) is 8.55. The highest BCUT2D eigenvalue weighted by molar-refractivity contribution is 6.31. The molecule has 0 aliphatic carbocycles. The fourth-order valence-corrected chi connectivity index (χ4v) is 1.96. The quantitative estimate of drug-likeness (QED) is 0.882. The average molecular weight is 237 g/mol. The van der Waals surface area contributed by atoms with Gasteiger partial charge in [0.15, 0.2) is 5.15 Å². The van der Waals surface area contributed by atoms with Crippen molar-refractivity contribution in [3.63, 3.8) is 0 Å². The summed E-state index contributed by atoms with van der Waals surface area (Å²) in [6.45, 7) is 0.558. The molecule has 0 atom stereocenters. The van der Waals surface area contributed by atoms with Crippen LogP contribution in [0.25, 0.3) is 11.4 Å². The minimum Gasteiger partial charge on any atom is -0.330 e. The lowest BCUT2D eigenvalue weighted by Gasteiger charge is -2.04. The van der Waals surface area contributed by atoms with E-state index in [1.165, 1.54) is 0 Å². The van der Waals surface area contributed by atoms with Crippen molar-refractivity contribution in [1.82, 2.24) is 14.5 Å². The van der Waals surface area contributed by atoms with E-state index in [1.54, 1.807) is 6.20 Å². The summed E-state index contributed by atoms with van der Waals surface area (Å²) in [6.07, 6.45) is 2.45. The Balaban J connectivity index is 2.49. The molecule has 2 rings (SSSR count). The Labute approximate surface area is 99.1 Å². The third-order valence-corrected chi connectivity index (χ3v) is 2.68. The van der Waals surface area contributed by atoms with Crippen LogP contribution in [-0.4, -0.2) is 21.1 Å². The van der Waals surface area contributed by atoms with Gasteiger partial charge in [-0.3, -0.25) is 4.98 Å². The molecule has 84 valence electrons. The monoisotopic (exact) mass is 236 g/mol. The Bertz CT molecular complexity index is 478. The minimum absolute atomic E-state index is 0.477. The van der Waals surface area contributed by atoms with E-state index in [-0.39, 0.29) is 0 Å². The van der Waals surface area contributed by atoms with Gasteiger partial charge >= 0.3 is 0 Å². The van der Waals surface area contributed by atoms with Gasteiger partial charge in [0, 0.05) is 19.7 Å². The molecule has 2 aromatic rings. The molecule has 0 radical (unpaired) electrons. The molecular weight excluding hydrogens is 224 g/mol. The molecule has 16 heavy (non-hydrogen) atoms. The summed E-state index contributed by atoms with van der Waals surface area (Å²) in [7, 11) is 1.92. The molecule has 0 bridgehead atoms. The van der Waals surface area contributed by atoms with Gasteiger partial charge in [-0.1, -0.05) is 17.7 Å². The Kier molecular flexibility index (Phi) is 3.22. The van der Waals surface area contributed by atoms with Crippen LogP contribution >= 0.6 is 11.6 Å². The number of nitrogens with zero attached hydrogens (tertiary/aromatic N) is 3. The zero-order chi connectivity index (χ0) is 11.5. The predicted octanol–water partition coefficient (Wildman–Crippen LogP) is 1.64. The van der Waals surface area contributed by atoms with Crippen LogP contribution < -0.4 is 5.73 Å². The zero-order valence-electron chi connectivity index (χ0n) is 9.02. The second-order valence-electron chi connectivity index (χ2n) is 3.48. The molecule has 0 saturated carbocycles. The molecule has 0 saturated heterocycles. The number of hydrogen-bond acceptors (Lipinski definition) is 3. The third kappa shape index (κ3) is 1.94. The van der Waals surface area contributed by atoms with Crippen molar-refractivity contribution in [3.05, 3.63) is 35.4 Å². The first-order chi connectivity index (χ1) is 7.74. The van der Waals surface area contributed by atoms with Gasteiger partial charge in [0.2, 0.25) is 0 Å². The lowest BCUT2D eigenvalue weighted by Crippen LogP contribution is -2.08. The van der Waals surface area contributed by atoms with Crippen molar-refractivity contribution in [2.45, 2.75) is 6.42 Å². The fraction of sp³-hybridized carbons (Fsp3) is 0.273. The number of pyridine rings is 1. The van der Waals surface area contributed by atoms with Crippen molar-refractivity contribution in [2.24, 2.45) is 12.8 Å². The normalized spacial score (nSPS) is 10.7. The molecule has 5 heteroatoms. The van der Waals surface area contributed by atoms with Crippen LogP contribution in [0.3, 0.4) is 0 Å². The van der Waals surface area contributed by atoms with Crippen molar-refractivity contribution in [2.75, 3.05) is 6.54 Å². The molecule has 0 fully saturated rings. The molecule has 4 nitrogen and oxygen atoms in total. The predicted molar refractivity (Wildman–Crippen MR) is 64.2 cm³/mol. The van der Waals surface area contributed by atoms with E-state index in [4.69, 9.17) is 17.3 Å². The van der Waals surface area contributed by atoms with E-state index < -0.39 is 0 Å². The van der Waals surface area contributed by atoms with E-state index in [0.29, 0.717) is 18.1 Å². The molecule has 0 aliphatic heterocycles. The van der Waals surface area contributed by atoms with E-state index in [1.807, 2.05) is 29.8 Å². The number of halogens is 1. The number of nitrogens with two attached hydrogens (primary N) is 1. The van der Waals surface area contributed by atoms with Crippen LogP contribution in [0.2, 0.25) is 5.15 Å². The average Bonchev–Trinajstić information content (AvgIpc) is 2.56. The maximum absolute atomic E-state index is 6.11. The van der Waals surface area contributed by atoms with E-state index >= 15 is 0 Å². The highest BCUT2D eigenvalue weighted by atomic mass is 35.5. The zero-order valence-corrected chi connectivity index (χ0v) is 9.78. The second-order valence-corrected chi connectivity index (χ2v) is 3.84. The van der Waals surface area contributed by atoms with Gasteiger partial charge in [-0.25, -0.2) is 4.98 Å². The van der Waals surface area contributed by atoms with Gasteiger partial charge < -0.3 is 10.3 Å². The Morgan fingerprint density at radius 2 is 2.25 bits per heavy atom. The van der Waals surface area contributed by atoms with Crippen LogP contribution in [-0.2, 0) is 13.5 Å². The summed E-state index contributed by atoms with van der Waals surface area (Å²) >= 11 is 6.11. The summed E-state index contributed by atoms with van der Waals surface area (Å²) in [5.41, 5.74) is 7.18. The molecule has 2 aromatic heterocycles. The van der Waals surface area contributed by atoms with Gasteiger partial charge in [-0.15, -0.1) is 0 Å². The molecule has 0 amide bonds. The molecule has 0 unspecified atom stereocenters. The lowest BCUT2D eigenvalue weighted by molar-refractivity contribution is 0.781. The maximum Gasteiger partial charge on any atom is 0.157 e. The SMILES string of the molecule is Cn1c(CCN)nc(Cl)c1-c1ccccn1. The van der Waals surface area contributed by atoms with Gasteiger partial charge in [0.05, 0.1) is 5.69 Å². The molecule has 0 aromatic carbocycles. The maximum atomic E-state index is 6.11. The number of aromatic nitrogens is 3. The first kappa shape index (κ1) is 11.1. The van der Waals surface area contributed by atoms with Crippen molar-refractivity contribution in [1.29, 1.82) is 0 Å². The summed E-state index contributed by atoms with van der Waals surface area (Å²) in [5.74, 6) is 0.883. The number of rotatable bonds is 3. The van der Waals surface area contributed by atoms with Crippen LogP contribution in [0.15, 0.2) is 24.4 Å². The standard InChI is InChI=1S/C11H13ClN4/c1-16-9(5-6-13)15-11(12)10(16)8-4-2-3-7-14-8/h2-4,7H,5-6,13H2,1H3. The van der Waals surface area contributed by atoms with Gasteiger partial charge in [-0.05, 0) is 18.7 Å². The van der Waals surface area contributed by atoms with Gasteiger partial charge in [-0.2, -0.15) is 0 Å². The summed E-state index contributed by atoms with van der Waals surface area (Å²) in [5, 5.41) is 0.477. The lowest BCUT2D eigenvalue weighted by atomic mass is 10.3. The molecule has 2 N–H and O–H groups in total. The smallest absolute Gasteiger partial charge is 0.157 e. The van der Waals surface area contributed by atoms with Gasteiger partial charge in [0.25, 0.3) is 0 Å². The van der Waals surface area contributed by atoms with E-state index in [2.05, 4.69) is 9.97 Å². The fourth-order valence-electron chi connectivity index (χ4n) is 1.64. The third-order valence-electron chi connectivity index (χ3n) is 2.42. The van der Waals surface area contributed by atoms with Crippen molar-refractivity contribution in [3.8, 4) is 11.4 Å². The number of hydrogen-bond donors (Lipinski definition) is 1. The topological polar surface area (TPSA) is 56.7 Å². The molecular formula is C11H13ClN4. The Morgan fingerprint density at radius 3 is 2.88 bits per heavy atom. The molecule has 2 heterocycles. The second kappa shape index (κ2) is 4.63. The van der Waals surface area contributed by atoms with Crippen LogP contribution in [0.4, 0.5) is 0 Å². The highest BCUT2D eigenvalue weighted by Crippen LogP contribution is 2.26. The number of imidazole rings is 1. The van der Waals surface area contributed by atoms with Crippen molar-refractivity contribution < 1.29 is 0 Å². The van der Waals surface area contributed by atoms with Crippen molar-refractivity contribution >= 4 is 11.6 Å². The first-order valence-corrected chi connectivity index (χ1v) is 5.44. The Hall–Kier alpha value is -1.39. The van der Waals surface area contributed by atoms with Crippen LogP contribution in [0.5, 0.6) is 0 Å².